The van der Waals surface area contributed by atoms with Crippen molar-refractivity contribution >= 4 is 17.7 Å². The first-order valence-corrected chi connectivity index (χ1v) is 6.56. The first-order chi connectivity index (χ1) is 10.2. The Bertz CT molecular complexity index is 570. The smallest absolute Gasteiger partial charge is 0.418 e. The van der Waals surface area contributed by atoms with E-state index in [4.69, 9.17) is 9.84 Å². The van der Waals surface area contributed by atoms with E-state index in [1.165, 1.54) is 6.92 Å². The maximum Gasteiger partial charge on any atom is 0.418 e. The Balaban J connectivity index is 3.21. The molecule has 0 aromatic heterocycles. The van der Waals surface area contributed by atoms with Crippen LogP contribution in [0.1, 0.15) is 41.3 Å². The highest BCUT2D eigenvalue weighted by atomic mass is 19.4. The summed E-state index contributed by atoms with van der Waals surface area (Å²) < 4.78 is 44.1. The molecule has 22 heavy (non-hydrogen) atoms. The zero-order chi connectivity index (χ0) is 16.9. The minimum Gasteiger partial charge on any atom is -0.478 e. The van der Waals surface area contributed by atoms with Gasteiger partial charge in [0.15, 0.2) is 0 Å². The van der Waals surface area contributed by atoms with Crippen molar-refractivity contribution in [1.29, 1.82) is 0 Å². The Morgan fingerprint density at radius 1 is 1.32 bits per heavy atom. The highest BCUT2D eigenvalue weighted by Gasteiger charge is 2.38. The number of anilines is 1. The van der Waals surface area contributed by atoms with E-state index in [2.05, 4.69) is 0 Å². The number of amides is 1. The molecule has 0 aliphatic rings. The number of aromatic carboxylic acids is 1. The lowest BCUT2D eigenvalue weighted by atomic mass is 10.0. The maximum atomic E-state index is 13.1. The molecular weight excluding hydrogens is 303 g/mol. The predicted molar refractivity (Wildman–Crippen MR) is 73.0 cm³/mol. The molecular formula is C14H16F3NO4. The second kappa shape index (κ2) is 7.15. The fourth-order valence-corrected chi connectivity index (χ4v) is 1.83. The monoisotopic (exact) mass is 319 g/mol. The number of ether oxygens (including phenoxy) is 1. The van der Waals surface area contributed by atoms with E-state index in [0.717, 1.165) is 18.6 Å². The van der Waals surface area contributed by atoms with E-state index in [0.29, 0.717) is 6.42 Å². The molecule has 1 rings (SSSR count). The summed E-state index contributed by atoms with van der Waals surface area (Å²) in [6, 6.07) is 2.05. The van der Waals surface area contributed by atoms with E-state index in [1.807, 2.05) is 12.2 Å². The van der Waals surface area contributed by atoms with Gasteiger partial charge >= 0.3 is 18.2 Å². The Kier molecular flexibility index (Phi) is 5.78. The number of carbonyl (C=O) groups excluding carboxylic acids is 1. The molecule has 0 aliphatic heterocycles. The van der Waals surface area contributed by atoms with Gasteiger partial charge in [0.2, 0.25) is 0 Å². The number of hydrogen-bond donors (Lipinski definition) is 2. The summed E-state index contributed by atoms with van der Waals surface area (Å²) in [6.45, 7) is 3.08. The number of alkyl halides is 3. The van der Waals surface area contributed by atoms with Gasteiger partial charge < -0.3 is 9.84 Å². The van der Waals surface area contributed by atoms with Crippen molar-refractivity contribution in [2.24, 2.45) is 0 Å². The van der Waals surface area contributed by atoms with Gasteiger partial charge in [-0.05, 0) is 25.0 Å². The third kappa shape index (κ3) is 4.37. The van der Waals surface area contributed by atoms with Gasteiger partial charge in [-0.15, -0.1) is 0 Å². The van der Waals surface area contributed by atoms with Crippen LogP contribution >= 0.6 is 0 Å². The van der Waals surface area contributed by atoms with Crippen LogP contribution in [0, 0.1) is 6.92 Å². The number of halogens is 3. The summed E-state index contributed by atoms with van der Waals surface area (Å²) in [5, 5.41) is 10.9. The van der Waals surface area contributed by atoms with E-state index < -0.39 is 35.1 Å². The first-order valence-electron chi connectivity index (χ1n) is 6.56. The van der Waals surface area contributed by atoms with Crippen molar-refractivity contribution < 1.29 is 32.6 Å². The van der Waals surface area contributed by atoms with Gasteiger partial charge in [0.05, 0.1) is 23.4 Å². The van der Waals surface area contributed by atoms with Crippen molar-refractivity contribution in [3.8, 4) is 0 Å². The number of unbranched alkanes of at least 4 members (excludes halogenated alkanes) is 1. The van der Waals surface area contributed by atoms with Crippen LogP contribution in [-0.4, -0.2) is 23.8 Å². The lowest BCUT2D eigenvalue weighted by molar-refractivity contribution is -0.137. The summed E-state index contributed by atoms with van der Waals surface area (Å²) in [5.41, 5.74) is -2.84. The predicted octanol–water partition coefficient (Wildman–Crippen LogP) is 4.06. The lowest BCUT2D eigenvalue weighted by Crippen LogP contribution is -2.21. The molecule has 0 saturated heterocycles. The van der Waals surface area contributed by atoms with Crippen LogP contribution in [0.2, 0.25) is 0 Å². The average Bonchev–Trinajstić information content (AvgIpc) is 2.37. The molecule has 0 fully saturated rings. The van der Waals surface area contributed by atoms with Crippen LogP contribution in [0.5, 0.6) is 0 Å². The zero-order valence-electron chi connectivity index (χ0n) is 12.1. The van der Waals surface area contributed by atoms with Crippen LogP contribution in [-0.2, 0) is 10.9 Å². The minimum atomic E-state index is -4.80. The molecule has 0 bridgehead atoms. The highest BCUT2D eigenvalue weighted by molar-refractivity contribution is 6.00. The molecule has 2 N–H and O–H groups in total. The topological polar surface area (TPSA) is 75.6 Å². The van der Waals surface area contributed by atoms with Crippen LogP contribution in [0.4, 0.5) is 23.7 Å². The number of aryl methyl sites for hydroxylation is 1. The summed E-state index contributed by atoms with van der Waals surface area (Å²) in [6.07, 6.45) is -4.63. The minimum absolute atomic E-state index is 0.0396. The summed E-state index contributed by atoms with van der Waals surface area (Å²) in [4.78, 5) is 22.7. The molecule has 5 nitrogen and oxygen atoms in total. The highest BCUT2D eigenvalue weighted by Crippen LogP contribution is 2.39. The molecule has 0 saturated carbocycles. The molecule has 0 spiro atoms. The van der Waals surface area contributed by atoms with E-state index in [-0.39, 0.29) is 12.2 Å². The molecule has 0 atom stereocenters. The fourth-order valence-electron chi connectivity index (χ4n) is 1.83. The lowest BCUT2D eigenvalue weighted by Gasteiger charge is -2.18. The molecule has 1 aromatic carbocycles. The van der Waals surface area contributed by atoms with Crippen molar-refractivity contribution in [3.05, 3.63) is 28.8 Å². The Labute approximate surface area is 125 Å². The molecule has 122 valence electrons. The van der Waals surface area contributed by atoms with Gasteiger partial charge in [-0.25, -0.2) is 9.59 Å². The number of benzene rings is 1. The average molecular weight is 319 g/mol. The Morgan fingerprint density at radius 3 is 2.45 bits per heavy atom. The van der Waals surface area contributed by atoms with Crippen molar-refractivity contribution in [2.75, 3.05) is 11.9 Å². The summed E-state index contributed by atoms with van der Waals surface area (Å²) in [7, 11) is 0. The summed E-state index contributed by atoms with van der Waals surface area (Å²) >= 11 is 0. The van der Waals surface area contributed by atoms with Gasteiger partial charge in [-0.3, -0.25) is 5.32 Å². The number of rotatable bonds is 5. The van der Waals surface area contributed by atoms with Gasteiger partial charge in [0.1, 0.15) is 0 Å². The zero-order valence-corrected chi connectivity index (χ0v) is 12.1. The van der Waals surface area contributed by atoms with Crippen LogP contribution in [0.3, 0.4) is 0 Å². The SMILES string of the molecule is CCCCOC(=O)Nc1c(C(=O)O)ccc(C)c1C(F)(F)F. The molecule has 0 radical (unpaired) electrons. The van der Waals surface area contributed by atoms with Crippen LogP contribution in [0.15, 0.2) is 12.1 Å². The van der Waals surface area contributed by atoms with Crippen LogP contribution in [0.25, 0.3) is 0 Å². The van der Waals surface area contributed by atoms with E-state index >= 15 is 0 Å². The number of carboxylic acid groups (broad SMARTS) is 1. The summed E-state index contributed by atoms with van der Waals surface area (Å²) in [5.74, 6) is -1.57. The number of nitrogens with one attached hydrogen (secondary N) is 1. The molecule has 1 amide bonds. The molecule has 8 heteroatoms. The van der Waals surface area contributed by atoms with Crippen molar-refractivity contribution in [1.82, 2.24) is 0 Å². The number of hydrogen-bond acceptors (Lipinski definition) is 3. The van der Waals surface area contributed by atoms with Gasteiger partial charge in [-0.1, -0.05) is 19.4 Å². The maximum absolute atomic E-state index is 13.1. The van der Waals surface area contributed by atoms with Crippen molar-refractivity contribution in [2.45, 2.75) is 32.9 Å². The molecule has 1 aromatic rings. The van der Waals surface area contributed by atoms with Gasteiger partial charge in [0, 0.05) is 0 Å². The largest absolute Gasteiger partial charge is 0.478 e. The number of carboxylic acids is 1. The van der Waals surface area contributed by atoms with E-state index in [1.54, 1.807) is 0 Å². The van der Waals surface area contributed by atoms with E-state index in [9.17, 15) is 22.8 Å². The Morgan fingerprint density at radius 2 is 1.95 bits per heavy atom. The third-order valence-corrected chi connectivity index (χ3v) is 2.89. The van der Waals surface area contributed by atoms with Crippen LogP contribution < -0.4 is 5.32 Å². The van der Waals surface area contributed by atoms with Gasteiger partial charge in [-0.2, -0.15) is 13.2 Å². The van der Waals surface area contributed by atoms with Crippen molar-refractivity contribution in [3.63, 3.8) is 0 Å². The second-order valence-corrected chi connectivity index (χ2v) is 4.60. The molecule has 0 heterocycles. The van der Waals surface area contributed by atoms with Gasteiger partial charge in [0.25, 0.3) is 0 Å². The quantitative estimate of drug-likeness (QED) is 0.803. The number of carbonyl (C=O) groups is 2. The third-order valence-electron chi connectivity index (χ3n) is 2.89. The first kappa shape index (κ1) is 17.8. The molecule has 0 aliphatic carbocycles. The Hall–Kier alpha value is -2.25. The normalized spacial score (nSPS) is 11.1. The fraction of sp³-hybridized carbons (Fsp3) is 0.429. The second-order valence-electron chi connectivity index (χ2n) is 4.60. The molecule has 0 unspecified atom stereocenters. The standard InChI is InChI=1S/C14H16F3NO4/c1-3-4-7-22-13(21)18-11-9(12(19)20)6-5-8(2)10(11)14(15,16)17/h5-6H,3-4,7H2,1-2H3,(H,18,21)(H,19,20).